The van der Waals surface area contributed by atoms with E-state index >= 15 is 0 Å². The lowest BCUT2D eigenvalue weighted by Crippen LogP contribution is -2.56. The molecule has 10 nitrogen and oxygen atoms in total. The van der Waals surface area contributed by atoms with Crippen molar-refractivity contribution >= 4 is 12.1 Å². The van der Waals surface area contributed by atoms with Crippen LogP contribution in [0.15, 0.2) is 0 Å². The second-order valence-electron chi connectivity index (χ2n) is 26.2. The monoisotopic (exact) mass is 1110 g/mol. The summed E-state index contributed by atoms with van der Waals surface area (Å²) in [7, 11) is 0. The predicted molar refractivity (Wildman–Crippen MR) is 344 cm³/mol. The Morgan fingerprint density at radius 3 is 0.848 bits per heavy atom. The van der Waals surface area contributed by atoms with Crippen LogP contribution in [0.25, 0.3) is 0 Å². The Bertz CT molecular complexity index is 1240. The fourth-order valence-corrected chi connectivity index (χ4v) is 11.5. The maximum absolute atomic E-state index is 12.6. The topological polar surface area (TPSA) is 167 Å². The fourth-order valence-electron chi connectivity index (χ4n) is 11.5. The van der Waals surface area contributed by atoms with Crippen LogP contribution < -0.4 is 32.7 Å². The van der Waals surface area contributed by atoms with Crippen LogP contribution in [0.2, 0.25) is 0 Å². The van der Waals surface area contributed by atoms with Crippen molar-refractivity contribution in [1.29, 1.82) is 5.26 Å². The summed E-state index contributed by atoms with van der Waals surface area (Å²) in [5, 5.41) is 20.7. The SMILES string of the molecule is CC(C)CCCCCCCCCCCCCCCNC(=O)N[C@@H]1CCCC[C@H]1NC(=O)NCCCCCCCCCCCCCCCC(C)C.CC(C)CCCCCCCCCCCCCCCOC#N.N[C@@H]1CCCC[C@H]1N. The third-order valence-corrected chi connectivity index (χ3v) is 16.9. The molecule has 4 amide bonds. The quantitative estimate of drug-likeness (QED) is 0.0262. The van der Waals surface area contributed by atoms with Gasteiger partial charge < -0.3 is 37.5 Å². The van der Waals surface area contributed by atoms with Crippen LogP contribution in [0.3, 0.4) is 0 Å². The number of urea groups is 2. The molecule has 0 aromatic carbocycles. The highest BCUT2D eigenvalue weighted by atomic mass is 16.5. The predicted octanol–water partition coefficient (Wildman–Crippen LogP) is 19.9. The van der Waals surface area contributed by atoms with Gasteiger partial charge >= 0.3 is 12.1 Å². The molecule has 0 aromatic rings. The van der Waals surface area contributed by atoms with Gasteiger partial charge in [-0.25, -0.2) is 9.59 Å². The summed E-state index contributed by atoms with van der Waals surface area (Å²) in [5.41, 5.74) is 11.3. The van der Waals surface area contributed by atoms with Crippen LogP contribution in [0.4, 0.5) is 9.59 Å². The Morgan fingerprint density at radius 2 is 0.608 bits per heavy atom. The number of rotatable bonds is 50. The molecule has 0 saturated heterocycles. The van der Waals surface area contributed by atoms with E-state index < -0.39 is 0 Å². The number of nitrogens with two attached hydrogens (primary N) is 2. The molecule has 10 heteroatoms. The lowest BCUT2D eigenvalue weighted by atomic mass is 9.90. The van der Waals surface area contributed by atoms with Crippen molar-refractivity contribution in [2.75, 3.05) is 19.7 Å². The standard InChI is InChI=1S/C44H88N4O2.C19H37NO.C6H14N2/c1-39(2)33-27-23-19-15-11-7-5-9-13-17-21-25-31-37-45-43(49)47-41-35-29-30-36-42(41)48-44(50)46-38-32-26-22-18-14-10-6-8-12-16-20-24-28-34-40(3)4;1-19(2)16-14-12-10-8-6-4-3-5-7-9-11-13-15-17-21-18-20;7-5-3-1-2-4-6(5)8/h39-42H,5-38H2,1-4H3,(H2,45,47,49)(H2,46,48,50);19H,3-17H2,1-2H3;5-6H,1-4,7-8H2/t41-,42-;;5-,6-/m1.1/s1. The minimum absolute atomic E-state index is 0.00842. The van der Waals surface area contributed by atoms with Gasteiger partial charge in [0.1, 0.15) is 6.61 Å². The number of nitrogens with one attached hydrogen (secondary N) is 4. The van der Waals surface area contributed by atoms with Crippen molar-refractivity contribution in [3.05, 3.63) is 0 Å². The number of carbonyl (C=O) groups is 2. The highest BCUT2D eigenvalue weighted by Crippen LogP contribution is 2.21. The van der Waals surface area contributed by atoms with Gasteiger partial charge in [-0.2, -0.15) is 5.26 Å². The van der Waals surface area contributed by atoms with Crippen molar-refractivity contribution in [2.24, 2.45) is 29.2 Å². The fraction of sp³-hybridized carbons (Fsp3) is 0.957. The molecule has 2 rings (SSSR count). The third kappa shape index (κ3) is 58.7. The van der Waals surface area contributed by atoms with Crippen molar-refractivity contribution in [3.63, 3.8) is 0 Å². The van der Waals surface area contributed by atoms with E-state index in [0.29, 0.717) is 6.61 Å². The molecule has 0 aromatic heterocycles. The molecule has 2 fully saturated rings. The number of unbranched alkanes of at least 4 members (excludes halogenated alkanes) is 36. The lowest BCUT2D eigenvalue weighted by molar-refractivity contribution is 0.213. The Morgan fingerprint density at radius 1 is 0.380 bits per heavy atom. The summed E-state index contributed by atoms with van der Waals surface area (Å²) in [6.07, 6.45) is 67.3. The maximum Gasteiger partial charge on any atom is 0.315 e. The lowest BCUT2D eigenvalue weighted by Gasteiger charge is -2.32. The largest absolute Gasteiger partial charge is 0.428 e. The van der Waals surface area contributed by atoms with E-state index in [4.69, 9.17) is 16.7 Å². The number of amides is 4. The van der Waals surface area contributed by atoms with E-state index in [1.54, 1.807) is 6.26 Å². The van der Waals surface area contributed by atoms with Gasteiger partial charge in [-0.3, -0.25) is 0 Å². The first-order valence-electron chi connectivity index (χ1n) is 35.1. The Balaban J connectivity index is 0.00000170. The number of hydrogen-bond donors (Lipinski definition) is 6. The first-order chi connectivity index (χ1) is 38.5. The minimum atomic E-state index is -0.0865. The van der Waals surface area contributed by atoms with Crippen LogP contribution in [0.5, 0.6) is 0 Å². The van der Waals surface area contributed by atoms with Crippen molar-refractivity contribution < 1.29 is 14.3 Å². The number of nitrogens with zero attached hydrogens (tertiary/aromatic N) is 1. The number of hydrogen-bond acceptors (Lipinski definition) is 6. The van der Waals surface area contributed by atoms with Crippen LogP contribution in [-0.4, -0.2) is 55.9 Å². The van der Waals surface area contributed by atoms with Crippen LogP contribution >= 0.6 is 0 Å². The Kier molecular flexibility index (Phi) is 58.6. The zero-order valence-corrected chi connectivity index (χ0v) is 53.8. The molecule has 8 N–H and O–H groups in total. The van der Waals surface area contributed by atoms with Crippen LogP contribution in [0.1, 0.15) is 363 Å². The van der Waals surface area contributed by atoms with Crippen molar-refractivity contribution in [1.82, 2.24) is 21.3 Å². The van der Waals surface area contributed by atoms with E-state index in [0.717, 1.165) is 88.6 Å². The number of ether oxygens (including phenoxy) is 1. The zero-order chi connectivity index (χ0) is 57.9. The van der Waals surface area contributed by atoms with E-state index in [1.807, 2.05) is 0 Å². The highest BCUT2D eigenvalue weighted by molar-refractivity contribution is 5.76. The van der Waals surface area contributed by atoms with Gasteiger partial charge in [0, 0.05) is 25.2 Å². The van der Waals surface area contributed by atoms with Gasteiger partial charge in [0.25, 0.3) is 6.26 Å². The van der Waals surface area contributed by atoms with E-state index in [-0.39, 0.29) is 36.2 Å². The molecule has 0 heterocycles. The molecule has 0 unspecified atom stereocenters. The zero-order valence-electron chi connectivity index (χ0n) is 53.8. The summed E-state index contributed by atoms with van der Waals surface area (Å²) < 4.78 is 4.66. The van der Waals surface area contributed by atoms with Gasteiger partial charge in [0.05, 0.1) is 12.1 Å². The maximum atomic E-state index is 12.6. The van der Waals surface area contributed by atoms with Crippen LogP contribution in [0, 0.1) is 29.3 Å². The van der Waals surface area contributed by atoms with E-state index in [2.05, 4.69) is 67.5 Å². The Labute approximate surface area is 492 Å². The second-order valence-corrected chi connectivity index (χ2v) is 26.2. The summed E-state index contributed by atoms with van der Waals surface area (Å²) >= 11 is 0. The van der Waals surface area contributed by atoms with Crippen molar-refractivity contribution in [2.45, 2.75) is 387 Å². The van der Waals surface area contributed by atoms with Crippen molar-refractivity contribution in [3.8, 4) is 6.26 Å². The van der Waals surface area contributed by atoms with Gasteiger partial charge in [-0.15, -0.1) is 0 Å². The summed E-state index contributed by atoms with van der Waals surface area (Å²) in [5.74, 6) is 2.60. The average Bonchev–Trinajstić information content (AvgIpc) is 3.42. The Hall–Kier alpha value is -2.25. The number of nitriles is 1. The van der Waals surface area contributed by atoms with Gasteiger partial charge in [-0.05, 0) is 62.7 Å². The molecule has 468 valence electrons. The molecular formula is C69H139N7O3. The third-order valence-electron chi connectivity index (χ3n) is 16.9. The smallest absolute Gasteiger partial charge is 0.315 e. The molecule has 0 bridgehead atoms. The molecule has 2 aliphatic carbocycles. The molecule has 79 heavy (non-hydrogen) atoms. The molecule has 0 radical (unpaired) electrons. The normalized spacial score (nSPS) is 17.1. The van der Waals surface area contributed by atoms with Gasteiger partial charge in [0.15, 0.2) is 0 Å². The van der Waals surface area contributed by atoms with E-state index in [9.17, 15) is 9.59 Å². The molecular weight excluding hydrogens is 975 g/mol. The summed E-state index contributed by atoms with van der Waals surface area (Å²) in [4.78, 5) is 25.2. The number of carbonyl (C=O) groups excluding carboxylic acids is 2. The first kappa shape index (κ1) is 76.8. The van der Waals surface area contributed by atoms with Gasteiger partial charge in [-0.1, -0.05) is 318 Å². The van der Waals surface area contributed by atoms with Crippen LogP contribution in [-0.2, 0) is 4.74 Å². The molecule has 4 atom stereocenters. The average molecular weight is 1110 g/mol. The summed E-state index contributed by atoms with van der Waals surface area (Å²) in [6, 6.07) is 0.406. The summed E-state index contributed by atoms with van der Waals surface area (Å²) in [6.45, 7) is 16.0. The second kappa shape index (κ2) is 60.3. The molecule has 2 aliphatic rings. The first-order valence-corrected chi connectivity index (χ1v) is 35.1. The highest BCUT2D eigenvalue weighted by Gasteiger charge is 2.27. The van der Waals surface area contributed by atoms with E-state index in [1.165, 1.54) is 263 Å². The van der Waals surface area contributed by atoms with Gasteiger partial charge in [0.2, 0.25) is 0 Å². The minimum Gasteiger partial charge on any atom is -0.428 e. The molecule has 0 aliphatic heterocycles. The molecule has 0 spiro atoms. The molecule has 2 saturated carbocycles.